The molecule has 1 saturated heterocycles. The molecule has 0 amide bonds. The first-order chi connectivity index (χ1) is 11.2. The molecule has 1 aromatic carbocycles. The molecule has 2 fully saturated rings. The first-order valence-corrected chi connectivity index (χ1v) is 8.20. The van der Waals surface area contributed by atoms with E-state index in [0.717, 1.165) is 0 Å². The summed E-state index contributed by atoms with van der Waals surface area (Å²) in [7, 11) is 1.22. The largest absolute Gasteiger partial charge is 0.468 e. The Bertz CT molecular complexity index is 738. The van der Waals surface area contributed by atoms with Crippen LogP contribution in [0.15, 0.2) is 24.3 Å². The van der Waals surface area contributed by atoms with Gasteiger partial charge in [-0.05, 0) is 44.5 Å². The molecule has 3 rings (SSSR count). The summed E-state index contributed by atoms with van der Waals surface area (Å²) in [6.45, 7) is 5.26. The van der Waals surface area contributed by atoms with Crippen LogP contribution >= 0.6 is 11.6 Å². The maximum atomic E-state index is 13.3. The standard InChI is InChI=1S/C18H19ClO5/c1-5-17(12(20)10-6-8-11(19)9-7-10)13-16(2,3)24-15(22)18(13,17)14(21)23-4/h6-9,13H,5H2,1-4H3/t13-,17+,18-/m0/s1. The Balaban J connectivity index is 2.16. The van der Waals surface area contributed by atoms with E-state index in [1.807, 2.05) is 0 Å². The van der Waals surface area contributed by atoms with Crippen molar-refractivity contribution in [2.24, 2.45) is 16.7 Å². The summed E-state index contributed by atoms with van der Waals surface area (Å²) in [6, 6.07) is 6.45. The lowest BCUT2D eigenvalue weighted by Crippen LogP contribution is -2.40. The molecule has 2 aliphatic rings. The van der Waals surface area contributed by atoms with Crippen LogP contribution in [-0.4, -0.2) is 30.4 Å². The third kappa shape index (κ3) is 1.73. The lowest BCUT2D eigenvalue weighted by molar-refractivity contribution is -0.165. The summed E-state index contributed by atoms with van der Waals surface area (Å²) in [5, 5.41) is 0.510. The monoisotopic (exact) mass is 350 g/mol. The molecule has 0 N–H and O–H groups in total. The Kier molecular flexibility index (Phi) is 3.57. The van der Waals surface area contributed by atoms with Crippen LogP contribution in [0, 0.1) is 16.7 Å². The highest BCUT2D eigenvalue weighted by Crippen LogP contribution is 2.80. The molecule has 128 valence electrons. The van der Waals surface area contributed by atoms with E-state index in [9.17, 15) is 14.4 Å². The number of halogens is 1. The number of fused-ring (bicyclic) bond motifs is 1. The lowest BCUT2D eigenvalue weighted by atomic mass is 9.81. The van der Waals surface area contributed by atoms with Crippen LogP contribution < -0.4 is 0 Å². The number of carbonyl (C=O) groups excluding carboxylic acids is 3. The molecule has 1 aliphatic carbocycles. The number of carbonyl (C=O) groups is 3. The Morgan fingerprint density at radius 1 is 1.25 bits per heavy atom. The van der Waals surface area contributed by atoms with Gasteiger partial charge in [-0.25, -0.2) is 0 Å². The van der Waals surface area contributed by atoms with Crippen molar-refractivity contribution in [3.8, 4) is 0 Å². The predicted molar refractivity (Wildman–Crippen MR) is 86.6 cm³/mol. The maximum absolute atomic E-state index is 13.3. The van der Waals surface area contributed by atoms with E-state index in [1.54, 1.807) is 45.0 Å². The van der Waals surface area contributed by atoms with E-state index < -0.39 is 34.3 Å². The number of hydrogen-bond donors (Lipinski definition) is 0. The highest BCUT2D eigenvalue weighted by atomic mass is 35.5. The Hall–Kier alpha value is -1.88. The first-order valence-electron chi connectivity index (χ1n) is 7.82. The van der Waals surface area contributed by atoms with Crippen molar-refractivity contribution < 1.29 is 23.9 Å². The van der Waals surface area contributed by atoms with Gasteiger partial charge in [0.05, 0.1) is 12.5 Å². The minimum atomic E-state index is -1.56. The fraction of sp³-hybridized carbons (Fsp3) is 0.500. The van der Waals surface area contributed by atoms with E-state index in [0.29, 0.717) is 17.0 Å². The van der Waals surface area contributed by atoms with Gasteiger partial charge in [0.15, 0.2) is 11.2 Å². The summed E-state index contributed by atoms with van der Waals surface area (Å²) in [6.07, 6.45) is 0.340. The number of ether oxygens (including phenoxy) is 2. The minimum Gasteiger partial charge on any atom is -0.468 e. The smallest absolute Gasteiger partial charge is 0.325 e. The molecule has 5 nitrogen and oxygen atoms in total. The van der Waals surface area contributed by atoms with Crippen molar-refractivity contribution in [1.82, 2.24) is 0 Å². The second-order valence-electron chi connectivity index (χ2n) is 6.89. The third-order valence-electron chi connectivity index (χ3n) is 5.50. The minimum absolute atomic E-state index is 0.248. The van der Waals surface area contributed by atoms with Gasteiger partial charge in [-0.1, -0.05) is 18.5 Å². The normalized spacial score (nSPS) is 32.7. The number of benzene rings is 1. The van der Waals surface area contributed by atoms with E-state index in [-0.39, 0.29) is 5.78 Å². The topological polar surface area (TPSA) is 69.7 Å². The molecule has 0 aromatic heterocycles. The highest BCUT2D eigenvalue weighted by molar-refractivity contribution is 6.30. The molecule has 3 atom stereocenters. The predicted octanol–water partition coefficient (Wildman–Crippen LogP) is 3.04. The molecule has 0 bridgehead atoms. The van der Waals surface area contributed by atoms with E-state index in [1.165, 1.54) is 7.11 Å². The van der Waals surface area contributed by atoms with Crippen LogP contribution in [0.5, 0.6) is 0 Å². The molecular formula is C18H19ClO5. The zero-order chi connectivity index (χ0) is 17.9. The molecular weight excluding hydrogens is 332 g/mol. The summed E-state index contributed by atoms with van der Waals surface area (Å²) in [5.41, 5.74) is -3.20. The number of esters is 2. The van der Waals surface area contributed by atoms with Gasteiger partial charge in [-0.15, -0.1) is 0 Å². The van der Waals surface area contributed by atoms with Crippen molar-refractivity contribution in [2.45, 2.75) is 32.8 Å². The van der Waals surface area contributed by atoms with Crippen LogP contribution in [0.2, 0.25) is 5.02 Å². The molecule has 0 unspecified atom stereocenters. The molecule has 1 aliphatic heterocycles. The van der Waals surface area contributed by atoms with Crippen LogP contribution in [0.25, 0.3) is 0 Å². The quantitative estimate of drug-likeness (QED) is 0.474. The SMILES string of the molecule is CC[C@@]1(C(=O)c2ccc(Cl)cc2)[C@@H]2C(C)(C)OC(=O)[C@@]21C(=O)OC. The average molecular weight is 351 g/mol. The molecule has 1 heterocycles. The van der Waals surface area contributed by atoms with Crippen molar-refractivity contribution in [3.63, 3.8) is 0 Å². The number of ketones is 1. The number of rotatable bonds is 4. The van der Waals surface area contributed by atoms with Gasteiger partial charge in [0.25, 0.3) is 0 Å². The van der Waals surface area contributed by atoms with Crippen LogP contribution in [0.3, 0.4) is 0 Å². The van der Waals surface area contributed by atoms with Crippen molar-refractivity contribution >= 4 is 29.3 Å². The summed E-state index contributed by atoms with van der Waals surface area (Å²) in [5.74, 6) is -2.17. The molecule has 1 saturated carbocycles. The van der Waals surface area contributed by atoms with E-state index in [2.05, 4.69) is 0 Å². The van der Waals surface area contributed by atoms with E-state index >= 15 is 0 Å². The van der Waals surface area contributed by atoms with Gasteiger partial charge < -0.3 is 9.47 Å². The van der Waals surface area contributed by atoms with Crippen molar-refractivity contribution in [2.75, 3.05) is 7.11 Å². The zero-order valence-electron chi connectivity index (χ0n) is 14.0. The van der Waals surface area contributed by atoms with Gasteiger partial charge in [0, 0.05) is 16.5 Å². The number of cyclic esters (lactones) is 1. The van der Waals surface area contributed by atoms with Gasteiger partial charge in [-0.2, -0.15) is 0 Å². The Morgan fingerprint density at radius 3 is 2.33 bits per heavy atom. The summed E-state index contributed by atoms with van der Waals surface area (Å²) >= 11 is 5.89. The lowest BCUT2D eigenvalue weighted by Gasteiger charge is -2.28. The van der Waals surface area contributed by atoms with Gasteiger partial charge in [0.2, 0.25) is 0 Å². The van der Waals surface area contributed by atoms with Gasteiger partial charge in [0.1, 0.15) is 5.60 Å². The molecule has 0 spiro atoms. The van der Waals surface area contributed by atoms with Crippen molar-refractivity contribution in [1.29, 1.82) is 0 Å². The Morgan fingerprint density at radius 2 is 1.83 bits per heavy atom. The van der Waals surface area contributed by atoms with Crippen LogP contribution in [0.1, 0.15) is 37.6 Å². The Labute approximate surface area is 145 Å². The first kappa shape index (κ1) is 17.0. The average Bonchev–Trinajstić information content (AvgIpc) is 3.14. The summed E-state index contributed by atoms with van der Waals surface area (Å²) in [4.78, 5) is 38.5. The zero-order valence-corrected chi connectivity index (χ0v) is 14.8. The number of hydrogen-bond acceptors (Lipinski definition) is 5. The van der Waals surface area contributed by atoms with Crippen molar-refractivity contribution in [3.05, 3.63) is 34.9 Å². The second kappa shape index (κ2) is 5.06. The highest BCUT2D eigenvalue weighted by Gasteiger charge is 2.95. The van der Waals surface area contributed by atoms with E-state index in [4.69, 9.17) is 21.1 Å². The fourth-order valence-corrected chi connectivity index (χ4v) is 4.81. The summed E-state index contributed by atoms with van der Waals surface area (Å²) < 4.78 is 10.3. The van der Waals surface area contributed by atoms with Crippen LogP contribution in [0.4, 0.5) is 0 Å². The third-order valence-corrected chi connectivity index (χ3v) is 5.75. The van der Waals surface area contributed by atoms with Gasteiger partial charge >= 0.3 is 11.9 Å². The fourth-order valence-electron chi connectivity index (χ4n) is 4.68. The molecule has 6 heteroatoms. The molecule has 24 heavy (non-hydrogen) atoms. The molecule has 1 aromatic rings. The second-order valence-corrected chi connectivity index (χ2v) is 7.32. The number of methoxy groups -OCH3 is 1. The van der Waals surface area contributed by atoms with Gasteiger partial charge in [-0.3, -0.25) is 14.4 Å². The number of Topliss-reactive ketones (excluding diaryl/α,β-unsaturated/α-hetero) is 1. The van der Waals surface area contributed by atoms with Crippen LogP contribution in [-0.2, 0) is 19.1 Å². The maximum Gasteiger partial charge on any atom is 0.325 e. The molecule has 0 radical (unpaired) electrons.